The number of amides is 2. The van der Waals surface area contributed by atoms with Gasteiger partial charge in [-0.15, -0.1) is 0 Å². The molecular weight excluding hydrogens is 513 g/mol. The van der Waals surface area contributed by atoms with Crippen LogP contribution in [0.1, 0.15) is 17.0 Å². The van der Waals surface area contributed by atoms with Crippen LogP contribution in [0.25, 0.3) is 0 Å². The Balaban J connectivity index is 0.991. The monoisotopic (exact) mass is 540 g/mol. The van der Waals surface area contributed by atoms with Gasteiger partial charge in [-0.25, -0.2) is 22.9 Å². The maximum Gasteiger partial charge on any atom is 0.320 e. The van der Waals surface area contributed by atoms with E-state index in [1.54, 1.807) is 24.3 Å². The van der Waals surface area contributed by atoms with Gasteiger partial charge in [-0.2, -0.15) is 0 Å². The second-order valence-electron chi connectivity index (χ2n) is 9.89. The van der Waals surface area contributed by atoms with Gasteiger partial charge < -0.3 is 19.5 Å². The normalized spacial score (nSPS) is 21.8. The molecule has 3 atom stereocenters. The standard InChI is InChI=1S/C28H27F3N4O4/c29-21-4-5-22(30)27-26(21)25-19(20(25)15-38-27)13-33-28(36)34-24-6-3-18(12-32-24)39-17-2-1-16(23(31)11-17)14-35-7-9-37-10-8-35/h1-6,11-12,19-20,25H,7-10,13-15H2,(H2,32,33,34,36)/t19-,20?,25?/m1/s1. The summed E-state index contributed by atoms with van der Waals surface area (Å²) in [5.41, 5.74) is 0.842. The Hall–Kier alpha value is -3.83. The minimum absolute atomic E-state index is 0.0265. The van der Waals surface area contributed by atoms with Crippen molar-refractivity contribution in [2.75, 3.05) is 44.8 Å². The zero-order valence-electron chi connectivity index (χ0n) is 21.0. The second-order valence-corrected chi connectivity index (χ2v) is 9.89. The molecule has 1 aliphatic carbocycles. The lowest BCUT2D eigenvalue weighted by atomic mass is 10.0. The number of hydrogen-bond acceptors (Lipinski definition) is 6. The molecule has 2 N–H and O–H groups in total. The van der Waals surface area contributed by atoms with Crippen LogP contribution in [0.2, 0.25) is 0 Å². The van der Waals surface area contributed by atoms with Gasteiger partial charge >= 0.3 is 6.03 Å². The summed E-state index contributed by atoms with van der Waals surface area (Å²) >= 11 is 0. The van der Waals surface area contributed by atoms with Crippen molar-refractivity contribution in [2.24, 2.45) is 11.8 Å². The molecule has 1 aromatic heterocycles. The molecule has 0 spiro atoms. The summed E-state index contributed by atoms with van der Waals surface area (Å²) in [6.07, 6.45) is 1.43. The molecule has 2 unspecified atom stereocenters. The smallest absolute Gasteiger partial charge is 0.320 e. The average Bonchev–Trinajstić information content (AvgIpc) is 3.66. The maximum absolute atomic E-state index is 14.6. The van der Waals surface area contributed by atoms with Crippen LogP contribution in [0, 0.1) is 29.3 Å². The fraction of sp³-hybridized carbons (Fsp3) is 0.357. The van der Waals surface area contributed by atoms with E-state index in [0.29, 0.717) is 42.6 Å². The third-order valence-electron chi connectivity index (χ3n) is 7.41. The van der Waals surface area contributed by atoms with E-state index >= 15 is 0 Å². The highest BCUT2D eigenvalue weighted by Gasteiger charge is 2.56. The molecule has 2 amide bonds. The highest BCUT2D eigenvalue weighted by Crippen LogP contribution is 2.59. The highest BCUT2D eigenvalue weighted by atomic mass is 19.1. The number of urea groups is 1. The molecule has 8 nitrogen and oxygen atoms in total. The minimum Gasteiger partial charge on any atom is -0.490 e. The zero-order valence-corrected chi connectivity index (χ0v) is 21.0. The number of nitrogens with zero attached hydrogens (tertiary/aromatic N) is 2. The summed E-state index contributed by atoms with van der Waals surface area (Å²) in [5, 5.41) is 5.40. The predicted molar refractivity (Wildman–Crippen MR) is 135 cm³/mol. The summed E-state index contributed by atoms with van der Waals surface area (Å²) < 4.78 is 59.4. The Morgan fingerprint density at radius 2 is 1.82 bits per heavy atom. The molecule has 2 aromatic carbocycles. The summed E-state index contributed by atoms with van der Waals surface area (Å²) in [6, 6.07) is 9.63. The van der Waals surface area contributed by atoms with Crippen LogP contribution in [0.3, 0.4) is 0 Å². The molecule has 1 saturated heterocycles. The number of carbonyl (C=O) groups excluding carboxylic acids is 1. The first-order chi connectivity index (χ1) is 19.0. The van der Waals surface area contributed by atoms with Gasteiger partial charge in [0.2, 0.25) is 0 Å². The van der Waals surface area contributed by atoms with Gasteiger partial charge in [0, 0.05) is 55.2 Å². The first kappa shape index (κ1) is 25.4. The third-order valence-corrected chi connectivity index (χ3v) is 7.41. The number of hydrogen-bond donors (Lipinski definition) is 2. The van der Waals surface area contributed by atoms with E-state index in [4.69, 9.17) is 14.2 Å². The van der Waals surface area contributed by atoms with Crippen LogP contribution >= 0.6 is 0 Å². The Kier molecular flexibility index (Phi) is 7.01. The topological polar surface area (TPSA) is 85.0 Å². The van der Waals surface area contributed by atoms with Crippen molar-refractivity contribution in [3.05, 3.63) is 77.2 Å². The number of anilines is 1. The molecule has 2 fully saturated rings. The minimum atomic E-state index is -0.578. The fourth-order valence-electron chi connectivity index (χ4n) is 5.31. The number of ether oxygens (including phenoxy) is 3. The lowest BCUT2D eigenvalue weighted by Gasteiger charge is -2.26. The molecule has 3 aromatic rings. The average molecular weight is 541 g/mol. The molecule has 39 heavy (non-hydrogen) atoms. The van der Waals surface area contributed by atoms with Crippen molar-refractivity contribution < 1.29 is 32.2 Å². The van der Waals surface area contributed by atoms with Crippen molar-refractivity contribution in [3.63, 3.8) is 0 Å². The van der Waals surface area contributed by atoms with E-state index in [1.165, 1.54) is 12.3 Å². The predicted octanol–water partition coefficient (Wildman–Crippen LogP) is 4.67. The lowest BCUT2D eigenvalue weighted by molar-refractivity contribution is 0.0337. The largest absolute Gasteiger partial charge is 0.490 e. The molecule has 0 bridgehead atoms. The van der Waals surface area contributed by atoms with Crippen LogP contribution in [-0.2, 0) is 11.3 Å². The Morgan fingerprint density at radius 1 is 1.03 bits per heavy atom. The molecule has 1 saturated carbocycles. The zero-order chi connectivity index (χ0) is 26.9. The quantitative estimate of drug-likeness (QED) is 0.453. The van der Waals surface area contributed by atoms with Gasteiger partial charge in [-0.05, 0) is 36.2 Å². The van der Waals surface area contributed by atoms with Gasteiger partial charge in [-0.1, -0.05) is 6.07 Å². The van der Waals surface area contributed by atoms with Crippen molar-refractivity contribution in [1.29, 1.82) is 0 Å². The number of benzene rings is 2. The van der Waals surface area contributed by atoms with Gasteiger partial charge in [-0.3, -0.25) is 10.2 Å². The Labute approximate surface area is 223 Å². The van der Waals surface area contributed by atoms with E-state index in [-0.39, 0.29) is 48.0 Å². The SMILES string of the molecule is O=C(NC[C@@H]1C2COc3c(F)ccc(F)c3C21)Nc1ccc(Oc2ccc(CN3CCOCC3)c(F)c2)cn1. The van der Waals surface area contributed by atoms with Gasteiger partial charge in [0.15, 0.2) is 11.6 Å². The maximum atomic E-state index is 14.6. The summed E-state index contributed by atoms with van der Waals surface area (Å²) in [5.74, 6) is -0.625. The summed E-state index contributed by atoms with van der Waals surface area (Å²) in [7, 11) is 0. The van der Waals surface area contributed by atoms with Gasteiger partial charge in [0.05, 0.1) is 26.0 Å². The number of fused-ring (bicyclic) bond motifs is 3. The number of rotatable bonds is 7. The molecule has 11 heteroatoms. The van der Waals surface area contributed by atoms with Crippen LogP contribution in [0.15, 0.2) is 48.7 Å². The fourth-order valence-corrected chi connectivity index (χ4v) is 5.31. The van der Waals surface area contributed by atoms with E-state index in [0.717, 1.165) is 25.2 Å². The molecular formula is C28H27F3N4O4. The molecule has 204 valence electrons. The Bertz CT molecular complexity index is 1370. The number of aromatic nitrogens is 1. The summed E-state index contributed by atoms with van der Waals surface area (Å²) in [4.78, 5) is 18.7. The van der Waals surface area contributed by atoms with Crippen molar-refractivity contribution in [1.82, 2.24) is 15.2 Å². The number of morpholine rings is 1. The van der Waals surface area contributed by atoms with E-state index in [1.807, 2.05) is 0 Å². The lowest BCUT2D eigenvalue weighted by Crippen LogP contribution is -2.35. The van der Waals surface area contributed by atoms with E-state index in [9.17, 15) is 18.0 Å². The van der Waals surface area contributed by atoms with Gasteiger partial charge in [0.1, 0.15) is 29.0 Å². The van der Waals surface area contributed by atoms with Gasteiger partial charge in [0.25, 0.3) is 0 Å². The van der Waals surface area contributed by atoms with E-state index in [2.05, 4.69) is 20.5 Å². The Morgan fingerprint density at radius 3 is 2.59 bits per heavy atom. The number of nitrogens with one attached hydrogen (secondary N) is 2. The first-order valence-corrected chi connectivity index (χ1v) is 12.8. The number of carbonyl (C=O) groups is 1. The number of halogens is 3. The van der Waals surface area contributed by atoms with Crippen LogP contribution in [0.5, 0.6) is 17.2 Å². The van der Waals surface area contributed by atoms with E-state index < -0.39 is 17.7 Å². The summed E-state index contributed by atoms with van der Waals surface area (Å²) in [6.45, 7) is 3.93. The molecule has 6 rings (SSSR count). The van der Waals surface area contributed by atoms with Crippen LogP contribution < -0.4 is 20.1 Å². The third kappa shape index (κ3) is 5.50. The van der Waals surface area contributed by atoms with Crippen LogP contribution in [-0.4, -0.2) is 55.4 Å². The molecule has 0 radical (unpaired) electrons. The molecule has 3 heterocycles. The second kappa shape index (κ2) is 10.7. The first-order valence-electron chi connectivity index (χ1n) is 12.8. The highest BCUT2D eigenvalue weighted by molar-refractivity contribution is 5.88. The molecule has 3 aliphatic rings. The van der Waals surface area contributed by atoms with Crippen molar-refractivity contribution >= 4 is 11.8 Å². The number of pyridine rings is 1. The van der Waals surface area contributed by atoms with Crippen LogP contribution in [0.4, 0.5) is 23.8 Å². The van der Waals surface area contributed by atoms with Crippen molar-refractivity contribution in [2.45, 2.75) is 12.5 Å². The molecule has 2 aliphatic heterocycles. The van der Waals surface area contributed by atoms with Crippen molar-refractivity contribution in [3.8, 4) is 17.2 Å².